The van der Waals surface area contributed by atoms with E-state index in [1.54, 1.807) is 6.21 Å². The summed E-state index contributed by atoms with van der Waals surface area (Å²) in [6.07, 6.45) is 7.21. The van der Waals surface area contributed by atoms with Crippen molar-refractivity contribution < 1.29 is 14.3 Å². The van der Waals surface area contributed by atoms with Crippen LogP contribution < -0.4 is 0 Å². The third-order valence-corrected chi connectivity index (χ3v) is 7.47. The number of hydrogen-bond donors (Lipinski definition) is 0. The van der Waals surface area contributed by atoms with Gasteiger partial charge in [-0.3, -0.25) is 9.79 Å². The second-order valence-electron chi connectivity index (χ2n) is 12.8. The molecule has 0 saturated heterocycles. The second kappa shape index (κ2) is 9.83. The lowest BCUT2D eigenvalue weighted by Crippen LogP contribution is -2.51. The van der Waals surface area contributed by atoms with Gasteiger partial charge in [0.25, 0.3) is 5.91 Å². The third kappa shape index (κ3) is 6.09. The van der Waals surface area contributed by atoms with Gasteiger partial charge in [0, 0.05) is 0 Å². The standard InChI is InChI=1S/C29H44N2O3/c1-20(2)34-26(33)22-11-9-21(10-12-22)24(15-16-27(3,4)5)31-25(32)19-30-29(31)17-13-23(14-18-29)28(6,7)8/h9-12,19-20,23-24H,13-18H2,1-8H3/t23?,24-,29?/m1/s1. The molecule has 3 rings (SSSR count). The Labute approximate surface area is 206 Å². The van der Waals surface area contributed by atoms with Crippen molar-refractivity contribution >= 4 is 18.1 Å². The molecule has 1 aromatic rings. The van der Waals surface area contributed by atoms with E-state index in [4.69, 9.17) is 9.73 Å². The van der Waals surface area contributed by atoms with Gasteiger partial charge in [-0.25, -0.2) is 4.79 Å². The Kier molecular flexibility index (Phi) is 7.64. The molecule has 1 saturated carbocycles. The molecule has 0 radical (unpaired) electrons. The zero-order valence-corrected chi connectivity index (χ0v) is 22.5. The molecule has 1 spiro atoms. The van der Waals surface area contributed by atoms with Crippen LogP contribution in [0.15, 0.2) is 29.3 Å². The largest absolute Gasteiger partial charge is 0.459 e. The van der Waals surface area contributed by atoms with Crippen LogP contribution in [0.1, 0.15) is 116 Å². The Bertz CT molecular complexity index is 895. The fraction of sp³-hybridized carbons (Fsp3) is 0.690. The Balaban J connectivity index is 1.90. The quantitative estimate of drug-likeness (QED) is 0.424. The predicted molar refractivity (Wildman–Crippen MR) is 138 cm³/mol. The Morgan fingerprint density at radius 2 is 1.68 bits per heavy atom. The third-order valence-electron chi connectivity index (χ3n) is 7.47. The first kappa shape index (κ1) is 26.4. The molecule has 0 bridgehead atoms. The van der Waals surface area contributed by atoms with Crippen LogP contribution in [0.2, 0.25) is 0 Å². The van der Waals surface area contributed by atoms with Gasteiger partial charge in [-0.1, -0.05) is 53.7 Å². The van der Waals surface area contributed by atoms with E-state index in [0.29, 0.717) is 11.5 Å². The molecule has 0 N–H and O–H groups in total. The highest BCUT2D eigenvalue weighted by Crippen LogP contribution is 2.49. The monoisotopic (exact) mass is 468 g/mol. The number of amides is 1. The molecule has 1 atom stereocenters. The van der Waals surface area contributed by atoms with Crippen LogP contribution in [0.5, 0.6) is 0 Å². The zero-order chi connectivity index (χ0) is 25.3. The highest BCUT2D eigenvalue weighted by molar-refractivity contribution is 6.28. The first-order valence-corrected chi connectivity index (χ1v) is 12.9. The van der Waals surface area contributed by atoms with Gasteiger partial charge in [0.2, 0.25) is 0 Å². The molecule has 5 nitrogen and oxygen atoms in total. The molecular weight excluding hydrogens is 424 g/mol. The topological polar surface area (TPSA) is 59.0 Å². The fourth-order valence-electron chi connectivity index (χ4n) is 5.40. The maximum Gasteiger partial charge on any atom is 0.338 e. The summed E-state index contributed by atoms with van der Waals surface area (Å²) in [6.45, 7) is 17.4. The molecule has 188 valence electrons. The molecule has 34 heavy (non-hydrogen) atoms. The van der Waals surface area contributed by atoms with Crippen molar-refractivity contribution in [3.8, 4) is 0 Å². The summed E-state index contributed by atoms with van der Waals surface area (Å²) in [5.74, 6) is 0.340. The molecule has 1 fully saturated rings. The number of carbonyl (C=O) groups excluding carboxylic acids is 2. The zero-order valence-electron chi connectivity index (χ0n) is 22.5. The smallest absolute Gasteiger partial charge is 0.338 e. The number of benzene rings is 1. The highest BCUT2D eigenvalue weighted by Gasteiger charge is 2.49. The van der Waals surface area contributed by atoms with Crippen molar-refractivity contribution in [2.75, 3.05) is 0 Å². The van der Waals surface area contributed by atoms with Crippen LogP contribution in [-0.4, -0.2) is 34.8 Å². The summed E-state index contributed by atoms with van der Waals surface area (Å²) < 4.78 is 5.35. The minimum atomic E-state index is -0.448. The summed E-state index contributed by atoms with van der Waals surface area (Å²) in [6, 6.07) is 7.56. The van der Waals surface area contributed by atoms with E-state index in [1.807, 2.05) is 38.1 Å². The Hall–Kier alpha value is -2.17. The van der Waals surface area contributed by atoms with Gasteiger partial charge >= 0.3 is 5.97 Å². The minimum absolute atomic E-state index is 0.0106. The van der Waals surface area contributed by atoms with E-state index >= 15 is 0 Å². The van der Waals surface area contributed by atoms with Gasteiger partial charge in [0.1, 0.15) is 5.66 Å². The van der Waals surface area contributed by atoms with E-state index in [1.165, 1.54) is 0 Å². The number of aliphatic imine (C=N–C) groups is 1. The van der Waals surface area contributed by atoms with Gasteiger partial charge < -0.3 is 9.64 Å². The Morgan fingerprint density at radius 1 is 1.09 bits per heavy atom. The van der Waals surface area contributed by atoms with Crippen LogP contribution in [0.25, 0.3) is 0 Å². The lowest BCUT2D eigenvalue weighted by atomic mass is 9.69. The normalized spacial score (nSPS) is 24.2. The van der Waals surface area contributed by atoms with Crippen molar-refractivity contribution in [3.63, 3.8) is 0 Å². The molecule has 1 aromatic carbocycles. The van der Waals surface area contributed by atoms with Crippen molar-refractivity contribution in [2.24, 2.45) is 21.7 Å². The average molecular weight is 469 g/mol. The molecule has 1 amide bonds. The van der Waals surface area contributed by atoms with Gasteiger partial charge in [-0.05, 0) is 86.8 Å². The van der Waals surface area contributed by atoms with Crippen LogP contribution in [0.4, 0.5) is 0 Å². The number of esters is 1. The summed E-state index contributed by atoms with van der Waals surface area (Å²) in [5.41, 5.74) is 1.57. The Morgan fingerprint density at radius 3 is 2.18 bits per heavy atom. The van der Waals surface area contributed by atoms with Gasteiger partial charge in [-0.15, -0.1) is 0 Å². The second-order valence-corrected chi connectivity index (χ2v) is 12.8. The molecule has 0 aromatic heterocycles. The first-order valence-electron chi connectivity index (χ1n) is 12.9. The van der Waals surface area contributed by atoms with E-state index < -0.39 is 5.66 Å². The molecular formula is C29H44N2O3. The lowest BCUT2D eigenvalue weighted by Gasteiger charge is -2.48. The summed E-state index contributed by atoms with van der Waals surface area (Å²) in [4.78, 5) is 32.5. The van der Waals surface area contributed by atoms with Crippen molar-refractivity contribution in [3.05, 3.63) is 35.4 Å². The number of ether oxygens (including phenoxy) is 1. The van der Waals surface area contributed by atoms with Crippen molar-refractivity contribution in [1.29, 1.82) is 0 Å². The van der Waals surface area contributed by atoms with E-state index in [-0.39, 0.29) is 34.9 Å². The maximum absolute atomic E-state index is 13.3. The van der Waals surface area contributed by atoms with Crippen LogP contribution in [-0.2, 0) is 9.53 Å². The number of hydrogen-bond acceptors (Lipinski definition) is 4. The number of nitrogens with zero attached hydrogens (tertiary/aromatic N) is 2. The minimum Gasteiger partial charge on any atom is -0.459 e. The molecule has 1 heterocycles. The predicted octanol–water partition coefficient (Wildman–Crippen LogP) is 6.96. The van der Waals surface area contributed by atoms with Crippen molar-refractivity contribution in [1.82, 2.24) is 4.90 Å². The average Bonchev–Trinajstić information content (AvgIpc) is 3.03. The number of rotatable bonds is 6. The molecule has 1 aliphatic carbocycles. The van der Waals surface area contributed by atoms with Gasteiger partial charge in [0.15, 0.2) is 0 Å². The van der Waals surface area contributed by atoms with Gasteiger partial charge in [0.05, 0.1) is 23.9 Å². The van der Waals surface area contributed by atoms with Crippen LogP contribution >= 0.6 is 0 Å². The van der Waals surface area contributed by atoms with Crippen molar-refractivity contribution in [2.45, 2.75) is 112 Å². The molecule has 5 heteroatoms. The lowest BCUT2D eigenvalue weighted by molar-refractivity contribution is -0.133. The SMILES string of the molecule is CC(C)OC(=O)c1ccc([C@@H](CCC(C)(C)C)N2C(=O)C=NC23CCC(C(C)(C)C)CC3)cc1. The first-order chi connectivity index (χ1) is 15.7. The highest BCUT2D eigenvalue weighted by atomic mass is 16.5. The van der Waals surface area contributed by atoms with E-state index in [2.05, 4.69) is 46.4 Å². The summed E-state index contributed by atoms with van der Waals surface area (Å²) in [7, 11) is 0. The van der Waals surface area contributed by atoms with E-state index in [9.17, 15) is 9.59 Å². The van der Waals surface area contributed by atoms with Crippen LogP contribution in [0, 0.1) is 16.7 Å². The summed E-state index contributed by atoms with van der Waals surface area (Å²) >= 11 is 0. The molecule has 2 aliphatic rings. The summed E-state index contributed by atoms with van der Waals surface area (Å²) in [5, 5.41) is 0. The fourth-order valence-corrected chi connectivity index (χ4v) is 5.40. The molecule has 1 aliphatic heterocycles. The molecule has 0 unspecified atom stereocenters. The van der Waals surface area contributed by atoms with E-state index in [0.717, 1.165) is 44.1 Å². The maximum atomic E-state index is 13.3. The van der Waals surface area contributed by atoms with Gasteiger partial charge in [-0.2, -0.15) is 0 Å². The number of carbonyl (C=O) groups is 2. The van der Waals surface area contributed by atoms with Crippen LogP contribution in [0.3, 0.4) is 0 Å².